The summed E-state index contributed by atoms with van der Waals surface area (Å²) in [5, 5.41) is 10.6. The molecule has 2 heterocycles. The molecule has 5 heteroatoms. The van der Waals surface area contributed by atoms with Crippen LogP contribution in [-0.2, 0) is 11.2 Å². The molecule has 6 atom stereocenters. The molecule has 0 bridgehead atoms. The summed E-state index contributed by atoms with van der Waals surface area (Å²) in [6.45, 7) is 3.97. The van der Waals surface area contributed by atoms with Gasteiger partial charge in [-0.2, -0.15) is 0 Å². The van der Waals surface area contributed by atoms with E-state index in [0.29, 0.717) is 24.7 Å². The molecular weight excluding hydrogens is 389 g/mol. The molecule has 0 aromatic heterocycles. The van der Waals surface area contributed by atoms with Crippen molar-refractivity contribution in [3.05, 3.63) is 35.4 Å². The zero-order valence-corrected chi connectivity index (χ0v) is 18.8. The lowest BCUT2D eigenvalue weighted by atomic mass is 9.58. The lowest BCUT2D eigenvalue weighted by Crippen LogP contribution is -2.62. The van der Waals surface area contributed by atoms with Crippen LogP contribution in [0.1, 0.15) is 75.5 Å². The minimum atomic E-state index is -0.788. The molecule has 4 aliphatic rings. The summed E-state index contributed by atoms with van der Waals surface area (Å²) in [4.78, 5) is 13.5. The van der Waals surface area contributed by atoms with Crippen LogP contribution in [0.5, 0.6) is 0 Å². The molecule has 1 saturated heterocycles. The molecule has 1 aromatic rings. The van der Waals surface area contributed by atoms with Crippen molar-refractivity contribution in [1.29, 1.82) is 0 Å². The third-order valence-corrected chi connectivity index (χ3v) is 8.92. The van der Waals surface area contributed by atoms with Gasteiger partial charge in [-0.3, -0.25) is 10.1 Å². The molecule has 3 N–H and O–H groups in total. The average Bonchev–Trinajstić information content (AvgIpc) is 3.12. The second kappa shape index (κ2) is 8.82. The van der Waals surface area contributed by atoms with Crippen molar-refractivity contribution < 1.29 is 9.18 Å². The highest BCUT2D eigenvalue weighted by Crippen LogP contribution is 2.53. The Kier molecular flexibility index (Phi) is 6.09. The van der Waals surface area contributed by atoms with Crippen LogP contribution in [0.15, 0.2) is 24.3 Å². The second-order valence-electron chi connectivity index (χ2n) is 10.5. The van der Waals surface area contributed by atoms with E-state index in [4.69, 9.17) is 0 Å². The Morgan fingerprint density at radius 3 is 2.77 bits per heavy atom. The maximum Gasteiger partial charge on any atom is 0.237 e. The molecule has 4 nitrogen and oxygen atoms in total. The molecule has 1 amide bonds. The Morgan fingerprint density at radius 2 is 1.94 bits per heavy atom. The standard InChI is InChI=1S/C26H38FN3O/c1-17-11-12-22(27)21-15-23(30-26(17,21)19-8-3-2-4-9-19)25(31)29-24-16-28-14-13-18-7-5-6-10-20(18)24/h5-7,10,17,19,21-24,28,30H,2-4,8-9,11-16H2,1H3,(H,29,31). The molecule has 3 fully saturated rings. The second-order valence-corrected chi connectivity index (χ2v) is 10.5. The fourth-order valence-corrected chi connectivity index (χ4v) is 7.38. The van der Waals surface area contributed by atoms with Crippen LogP contribution in [0.2, 0.25) is 0 Å². The van der Waals surface area contributed by atoms with Crippen molar-refractivity contribution in [2.75, 3.05) is 13.1 Å². The van der Waals surface area contributed by atoms with E-state index in [0.717, 1.165) is 25.9 Å². The highest BCUT2D eigenvalue weighted by atomic mass is 19.1. The van der Waals surface area contributed by atoms with Crippen LogP contribution < -0.4 is 16.0 Å². The molecule has 2 aliphatic heterocycles. The first-order valence-electron chi connectivity index (χ1n) is 12.6. The summed E-state index contributed by atoms with van der Waals surface area (Å²) < 4.78 is 15.3. The van der Waals surface area contributed by atoms with Gasteiger partial charge in [0.1, 0.15) is 6.17 Å². The van der Waals surface area contributed by atoms with Gasteiger partial charge in [0.2, 0.25) is 5.91 Å². The van der Waals surface area contributed by atoms with E-state index in [1.54, 1.807) is 0 Å². The van der Waals surface area contributed by atoms with Gasteiger partial charge < -0.3 is 10.6 Å². The summed E-state index contributed by atoms with van der Waals surface area (Å²) in [6.07, 6.45) is 8.53. The first-order chi connectivity index (χ1) is 15.1. The van der Waals surface area contributed by atoms with Crippen molar-refractivity contribution >= 4 is 5.91 Å². The molecule has 6 unspecified atom stereocenters. The quantitative estimate of drug-likeness (QED) is 0.682. The Hall–Kier alpha value is -1.46. The molecule has 5 rings (SSSR count). The molecule has 0 radical (unpaired) electrons. The zero-order chi connectivity index (χ0) is 21.4. The van der Waals surface area contributed by atoms with Crippen LogP contribution >= 0.6 is 0 Å². The first kappa shape index (κ1) is 21.4. The third-order valence-electron chi connectivity index (χ3n) is 8.92. The zero-order valence-electron chi connectivity index (χ0n) is 18.8. The monoisotopic (exact) mass is 427 g/mol. The van der Waals surface area contributed by atoms with E-state index in [1.807, 2.05) is 0 Å². The van der Waals surface area contributed by atoms with Gasteiger partial charge in [0, 0.05) is 18.0 Å². The number of carbonyl (C=O) groups is 1. The van der Waals surface area contributed by atoms with Gasteiger partial charge in [0.25, 0.3) is 0 Å². The number of rotatable bonds is 3. The predicted molar refractivity (Wildman–Crippen MR) is 122 cm³/mol. The van der Waals surface area contributed by atoms with Gasteiger partial charge in [0.15, 0.2) is 0 Å². The Labute approximate surface area is 186 Å². The number of halogens is 1. The highest BCUT2D eigenvalue weighted by molar-refractivity contribution is 5.83. The summed E-state index contributed by atoms with van der Waals surface area (Å²) >= 11 is 0. The van der Waals surface area contributed by atoms with Crippen molar-refractivity contribution in [3.63, 3.8) is 0 Å². The SMILES string of the molecule is CC1CCC(F)C2CC(C(=O)NC3CNCCc4ccccc43)NC12C1CCCCC1. The summed E-state index contributed by atoms with van der Waals surface area (Å²) in [5.41, 5.74) is 2.32. The summed E-state index contributed by atoms with van der Waals surface area (Å²) in [6, 6.07) is 8.11. The van der Waals surface area contributed by atoms with Crippen LogP contribution in [0.3, 0.4) is 0 Å². The number of nitrogens with one attached hydrogen (secondary N) is 3. The lowest BCUT2D eigenvalue weighted by Gasteiger charge is -2.52. The van der Waals surface area contributed by atoms with E-state index >= 15 is 4.39 Å². The van der Waals surface area contributed by atoms with E-state index in [2.05, 4.69) is 47.1 Å². The van der Waals surface area contributed by atoms with Gasteiger partial charge in [-0.05, 0) is 68.0 Å². The maximum atomic E-state index is 15.3. The molecular formula is C26H38FN3O. The largest absolute Gasteiger partial charge is 0.347 e. The van der Waals surface area contributed by atoms with Crippen molar-refractivity contribution in [2.45, 2.75) is 88.5 Å². The van der Waals surface area contributed by atoms with Gasteiger partial charge in [-0.25, -0.2) is 4.39 Å². The smallest absolute Gasteiger partial charge is 0.237 e. The minimum absolute atomic E-state index is 0.0279. The fraction of sp³-hybridized carbons (Fsp3) is 0.731. The van der Waals surface area contributed by atoms with E-state index in [9.17, 15) is 4.79 Å². The van der Waals surface area contributed by atoms with Crippen molar-refractivity contribution in [1.82, 2.24) is 16.0 Å². The Balaban J connectivity index is 1.37. The van der Waals surface area contributed by atoms with E-state index < -0.39 is 6.17 Å². The molecule has 2 saturated carbocycles. The minimum Gasteiger partial charge on any atom is -0.347 e. The van der Waals surface area contributed by atoms with Crippen LogP contribution in [0, 0.1) is 17.8 Å². The van der Waals surface area contributed by atoms with Crippen LogP contribution in [0.25, 0.3) is 0 Å². The van der Waals surface area contributed by atoms with Crippen LogP contribution in [-0.4, -0.2) is 36.7 Å². The van der Waals surface area contributed by atoms with Crippen molar-refractivity contribution in [3.8, 4) is 0 Å². The Morgan fingerprint density at radius 1 is 1.13 bits per heavy atom. The predicted octanol–water partition coefficient (Wildman–Crippen LogP) is 4.05. The number of benzene rings is 1. The van der Waals surface area contributed by atoms with E-state index in [1.165, 1.54) is 43.2 Å². The lowest BCUT2D eigenvalue weighted by molar-refractivity contribution is -0.124. The normalized spacial score (nSPS) is 38.7. The number of amides is 1. The van der Waals surface area contributed by atoms with E-state index in [-0.39, 0.29) is 29.4 Å². The third kappa shape index (κ3) is 3.82. The highest BCUT2D eigenvalue weighted by Gasteiger charge is 2.60. The van der Waals surface area contributed by atoms with Gasteiger partial charge >= 0.3 is 0 Å². The molecule has 170 valence electrons. The number of alkyl halides is 1. The fourth-order valence-electron chi connectivity index (χ4n) is 7.38. The number of hydrogen-bond donors (Lipinski definition) is 3. The van der Waals surface area contributed by atoms with Crippen LogP contribution in [0.4, 0.5) is 4.39 Å². The van der Waals surface area contributed by atoms with Gasteiger partial charge in [0.05, 0.1) is 12.1 Å². The first-order valence-corrected chi connectivity index (χ1v) is 12.6. The maximum absolute atomic E-state index is 15.3. The van der Waals surface area contributed by atoms with Gasteiger partial charge in [-0.1, -0.05) is 50.5 Å². The molecule has 1 aromatic carbocycles. The average molecular weight is 428 g/mol. The van der Waals surface area contributed by atoms with Crippen molar-refractivity contribution in [2.24, 2.45) is 17.8 Å². The van der Waals surface area contributed by atoms with Gasteiger partial charge in [-0.15, -0.1) is 0 Å². The summed E-state index contributed by atoms with van der Waals surface area (Å²) in [5.74, 6) is 0.936. The topological polar surface area (TPSA) is 53.2 Å². The molecule has 31 heavy (non-hydrogen) atoms. The number of carbonyl (C=O) groups excluding carboxylic acids is 1. The molecule has 0 spiro atoms. The summed E-state index contributed by atoms with van der Waals surface area (Å²) in [7, 11) is 0. The Bertz CT molecular complexity index is 795. The number of fused-ring (bicyclic) bond motifs is 2. The molecule has 2 aliphatic carbocycles. The number of hydrogen-bond acceptors (Lipinski definition) is 3.